The fraction of sp³-hybridized carbons (Fsp3) is 0.634. The molecule has 0 N–H and O–H groups in total. The van der Waals surface area contributed by atoms with E-state index in [1.54, 1.807) is 4.90 Å². The monoisotopic (exact) mass is 793 g/mol. The molecule has 0 aliphatic carbocycles. The maximum atomic E-state index is 13.8. The number of benzene rings is 2. The van der Waals surface area contributed by atoms with E-state index in [4.69, 9.17) is 4.74 Å². The van der Waals surface area contributed by atoms with Gasteiger partial charge in [0.15, 0.2) is 0 Å². The molecule has 308 valence electrons. The van der Waals surface area contributed by atoms with Crippen molar-refractivity contribution in [1.82, 2.24) is 24.5 Å². The van der Waals surface area contributed by atoms with E-state index in [1.165, 1.54) is 4.90 Å². The summed E-state index contributed by atoms with van der Waals surface area (Å²) in [5.41, 5.74) is -3.35. The molecular weight excluding hydrogens is 740 g/mol. The number of carbonyl (C=O) groups is 3. The Hall–Kier alpha value is -3.85. The summed E-state index contributed by atoms with van der Waals surface area (Å²) < 4.78 is 87.7. The van der Waals surface area contributed by atoms with Gasteiger partial charge in [-0.05, 0) is 95.9 Å². The predicted octanol–water partition coefficient (Wildman–Crippen LogP) is 7.34. The van der Waals surface area contributed by atoms with Crippen LogP contribution in [0.4, 0.5) is 31.1 Å². The lowest BCUT2D eigenvalue weighted by Gasteiger charge is -2.48. The Morgan fingerprint density at radius 1 is 0.679 bits per heavy atom. The number of alkyl halides is 6. The van der Waals surface area contributed by atoms with E-state index in [1.807, 2.05) is 56.0 Å². The molecule has 0 radical (unpaired) electrons. The van der Waals surface area contributed by atoms with E-state index < -0.39 is 58.7 Å². The van der Waals surface area contributed by atoms with Gasteiger partial charge in [-0.15, -0.1) is 0 Å². The second-order valence-corrected chi connectivity index (χ2v) is 16.6. The standard InChI is InChI=1S/C41H53F6N5O4/c1-39(2,3)56-38(55)52-15-8-7-11-35(52)37(54)50-16-12-32(13-17-50)48-19-21-49(22-20-48)33-14-18-51(34(27-33)23-28-9-5-4-6-10-28)36(53)29-24-30(40(42,43)44)26-31(25-29)41(45,46)47/h4-6,9-10,24-26,32-35H,7-8,11-23,27H2,1-3H3. The van der Waals surface area contributed by atoms with Crippen molar-refractivity contribution in [1.29, 1.82) is 0 Å². The molecule has 0 bridgehead atoms. The first-order valence-electron chi connectivity index (χ1n) is 19.8. The van der Waals surface area contributed by atoms with Crippen LogP contribution in [-0.4, -0.2) is 125 Å². The van der Waals surface area contributed by atoms with Crippen molar-refractivity contribution >= 4 is 17.9 Å². The van der Waals surface area contributed by atoms with Crippen LogP contribution in [-0.2, 0) is 28.3 Å². The first kappa shape index (κ1) is 41.8. The van der Waals surface area contributed by atoms with Gasteiger partial charge in [0.2, 0.25) is 5.91 Å². The molecule has 15 heteroatoms. The molecular formula is C41H53F6N5O4. The minimum absolute atomic E-state index is 0.0115. The quantitative estimate of drug-likeness (QED) is 0.285. The molecule has 56 heavy (non-hydrogen) atoms. The summed E-state index contributed by atoms with van der Waals surface area (Å²) in [6, 6.07) is 9.95. The predicted molar refractivity (Wildman–Crippen MR) is 198 cm³/mol. The van der Waals surface area contributed by atoms with Crippen LogP contribution in [0.3, 0.4) is 0 Å². The summed E-state index contributed by atoms with van der Waals surface area (Å²) in [7, 11) is 0. The van der Waals surface area contributed by atoms with Crippen molar-refractivity contribution in [3.05, 3.63) is 70.8 Å². The molecule has 0 saturated carbocycles. The molecule has 2 aromatic rings. The van der Waals surface area contributed by atoms with E-state index >= 15 is 0 Å². The van der Waals surface area contributed by atoms with Gasteiger partial charge in [-0.1, -0.05) is 30.3 Å². The number of halogens is 6. The van der Waals surface area contributed by atoms with Gasteiger partial charge in [0.05, 0.1) is 11.1 Å². The second-order valence-electron chi connectivity index (χ2n) is 16.6. The molecule has 3 amide bonds. The highest BCUT2D eigenvalue weighted by Gasteiger charge is 2.42. The van der Waals surface area contributed by atoms with Crippen molar-refractivity contribution in [2.45, 2.75) is 114 Å². The molecule has 4 aliphatic rings. The van der Waals surface area contributed by atoms with Gasteiger partial charge >= 0.3 is 18.4 Å². The zero-order valence-electron chi connectivity index (χ0n) is 32.4. The molecule has 4 heterocycles. The molecule has 0 spiro atoms. The van der Waals surface area contributed by atoms with Gasteiger partial charge in [-0.3, -0.25) is 24.3 Å². The van der Waals surface area contributed by atoms with Crippen molar-refractivity contribution in [3.63, 3.8) is 0 Å². The number of ether oxygens (including phenoxy) is 1. The number of hydrogen-bond donors (Lipinski definition) is 0. The first-order chi connectivity index (χ1) is 26.4. The van der Waals surface area contributed by atoms with Crippen LogP contribution >= 0.6 is 0 Å². The summed E-state index contributed by atoms with van der Waals surface area (Å²) >= 11 is 0. The average molecular weight is 794 g/mol. The minimum atomic E-state index is -5.05. The normalized spacial score (nSPS) is 23.9. The maximum Gasteiger partial charge on any atom is 0.416 e. The van der Waals surface area contributed by atoms with Gasteiger partial charge in [0.1, 0.15) is 11.6 Å². The Morgan fingerprint density at radius 3 is 1.82 bits per heavy atom. The number of likely N-dealkylation sites (tertiary alicyclic amines) is 3. The fourth-order valence-corrected chi connectivity index (χ4v) is 8.81. The van der Waals surface area contributed by atoms with E-state index in [9.17, 15) is 40.7 Å². The van der Waals surface area contributed by atoms with Gasteiger partial charge in [0, 0.05) is 76.0 Å². The summed E-state index contributed by atoms with van der Waals surface area (Å²) in [4.78, 5) is 50.3. The van der Waals surface area contributed by atoms with E-state index in [0.29, 0.717) is 63.5 Å². The SMILES string of the molecule is CC(C)(C)OC(=O)N1CCCCC1C(=O)N1CCC(N2CCN(C3CCN(C(=O)c4cc(C(F)(F)F)cc(C(F)(F)F)c4)C(Cc4ccccc4)C3)CC2)CC1. The maximum absolute atomic E-state index is 13.8. The number of rotatable bonds is 6. The van der Waals surface area contributed by atoms with Crippen LogP contribution in [0, 0.1) is 0 Å². The number of carbonyl (C=O) groups excluding carboxylic acids is 3. The highest BCUT2D eigenvalue weighted by Crippen LogP contribution is 2.37. The highest BCUT2D eigenvalue weighted by molar-refractivity contribution is 5.95. The molecule has 3 atom stereocenters. The molecule has 6 rings (SSSR count). The number of nitrogens with zero attached hydrogens (tertiary/aromatic N) is 5. The zero-order valence-corrected chi connectivity index (χ0v) is 32.4. The lowest BCUT2D eigenvalue weighted by molar-refractivity contribution is -0.143. The number of piperidine rings is 3. The molecule has 3 unspecified atom stereocenters. The van der Waals surface area contributed by atoms with Gasteiger partial charge in [-0.2, -0.15) is 26.3 Å². The average Bonchev–Trinajstić information content (AvgIpc) is 3.16. The molecule has 4 fully saturated rings. The van der Waals surface area contributed by atoms with E-state index in [-0.39, 0.29) is 24.6 Å². The zero-order chi connectivity index (χ0) is 40.4. The lowest BCUT2D eigenvalue weighted by atomic mass is 9.90. The van der Waals surface area contributed by atoms with Crippen LogP contribution in [0.25, 0.3) is 0 Å². The number of amides is 3. The van der Waals surface area contributed by atoms with Gasteiger partial charge < -0.3 is 14.5 Å². The van der Waals surface area contributed by atoms with Gasteiger partial charge in [0.25, 0.3) is 5.91 Å². The lowest BCUT2D eigenvalue weighted by Crippen LogP contribution is -2.59. The van der Waals surface area contributed by atoms with Crippen LogP contribution in [0.15, 0.2) is 48.5 Å². The topological polar surface area (TPSA) is 76.6 Å². The Balaban J connectivity index is 1.06. The number of piperazine rings is 1. The smallest absolute Gasteiger partial charge is 0.416 e. The third-order valence-electron chi connectivity index (χ3n) is 11.7. The third kappa shape index (κ3) is 10.2. The van der Waals surface area contributed by atoms with Gasteiger partial charge in [-0.25, -0.2) is 4.79 Å². The Kier molecular flexibility index (Phi) is 12.6. The van der Waals surface area contributed by atoms with E-state index in [0.717, 1.165) is 57.4 Å². The molecule has 2 aromatic carbocycles. The van der Waals surface area contributed by atoms with Crippen molar-refractivity contribution in [3.8, 4) is 0 Å². The summed E-state index contributed by atoms with van der Waals surface area (Å²) in [5, 5.41) is 0. The molecule has 4 saturated heterocycles. The van der Waals surface area contributed by atoms with Crippen LogP contribution in [0.1, 0.15) is 92.8 Å². The fourth-order valence-electron chi connectivity index (χ4n) is 8.81. The van der Waals surface area contributed by atoms with Crippen molar-refractivity contribution in [2.24, 2.45) is 0 Å². The van der Waals surface area contributed by atoms with Crippen molar-refractivity contribution in [2.75, 3.05) is 52.4 Å². The first-order valence-corrected chi connectivity index (χ1v) is 19.8. The molecule has 0 aromatic heterocycles. The van der Waals surface area contributed by atoms with Crippen molar-refractivity contribution < 1.29 is 45.5 Å². The van der Waals surface area contributed by atoms with Crippen LogP contribution in [0.5, 0.6) is 0 Å². The Bertz CT molecular complexity index is 1650. The molecule has 9 nitrogen and oxygen atoms in total. The molecule has 4 aliphatic heterocycles. The summed E-state index contributed by atoms with van der Waals surface area (Å²) in [5.74, 6) is -0.848. The Morgan fingerprint density at radius 2 is 1.25 bits per heavy atom. The highest BCUT2D eigenvalue weighted by atomic mass is 19.4. The van der Waals surface area contributed by atoms with Crippen LogP contribution < -0.4 is 0 Å². The number of hydrogen-bond acceptors (Lipinski definition) is 6. The minimum Gasteiger partial charge on any atom is -0.444 e. The second kappa shape index (κ2) is 16.9. The Labute approximate surface area is 324 Å². The summed E-state index contributed by atoms with van der Waals surface area (Å²) in [6.45, 7) is 10.6. The third-order valence-corrected chi connectivity index (χ3v) is 11.7. The summed E-state index contributed by atoms with van der Waals surface area (Å²) in [6.07, 6.45) is -5.03. The largest absolute Gasteiger partial charge is 0.444 e. The van der Waals surface area contributed by atoms with Crippen LogP contribution in [0.2, 0.25) is 0 Å². The van der Waals surface area contributed by atoms with E-state index in [2.05, 4.69) is 9.80 Å².